The van der Waals surface area contributed by atoms with Gasteiger partial charge in [0.25, 0.3) is 5.56 Å². The van der Waals surface area contributed by atoms with Crippen molar-refractivity contribution < 1.29 is 0 Å². The summed E-state index contributed by atoms with van der Waals surface area (Å²) in [5.41, 5.74) is 3.35. The van der Waals surface area contributed by atoms with E-state index in [1.165, 1.54) is 17.2 Å². The van der Waals surface area contributed by atoms with E-state index in [4.69, 9.17) is 28.2 Å². The summed E-state index contributed by atoms with van der Waals surface area (Å²) in [5, 5.41) is 1.01. The van der Waals surface area contributed by atoms with Gasteiger partial charge in [0.1, 0.15) is 0 Å². The van der Waals surface area contributed by atoms with Crippen molar-refractivity contribution in [3.8, 4) is 16.9 Å². The number of aryl methyl sites for hydroxylation is 2. The van der Waals surface area contributed by atoms with E-state index in [1.807, 2.05) is 29.0 Å². The van der Waals surface area contributed by atoms with Crippen LogP contribution in [0.4, 0.5) is 0 Å². The highest BCUT2D eigenvalue weighted by Crippen LogP contribution is 2.34. The van der Waals surface area contributed by atoms with E-state index < -0.39 is 11.2 Å². The smallest absolute Gasteiger partial charge is 0.279 e. The quantitative estimate of drug-likeness (QED) is 0.399. The predicted molar refractivity (Wildman–Crippen MR) is 127 cm³/mol. The maximum Gasteiger partial charge on any atom is 0.332 e. The molecule has 0 spiro atoms. The lowest BCUT2D eigenvalue weighted by molar-refractivity contribution is 0.708. The van der Waals surface area contributed by atoms with Crippen LogP contribution in [0.1, 0.15) is 12.5 Å². The molecule has 0 unspecified atom stereocenters. The van der Waals surface area contributed by atoms with Gasteiger partial charge in [-0.05, 0) is 42.3 Å². The van der Waals surface area contributed by atoms with Gasteiger partial charge in [-0.3, -0.25) is 22.9 Å². The van der Waals surface area contributed by atoms with Crippen LogP contribution in [0, 0.1) is 0 Å². The molecule has 0 saturated carbocycles. The highest BCUT2D eigenvalue weighted by atomic mass is 35.5. The second-order valence-electron chi connectivity index (χ2n) is 7.65. The van der Waals surface area contributed by atoms with Crippen LogP contribution >= 0.6 is 23.2 Å². The zero-order valence-corrected chi connectivity index (χ0v) is 19.1. The van der Waals surface area contributed by atoms with Gasteiger partial charge in [-0.15, -0.1) is 0 Å². The van der Waals surface area contributed by atoms with Gasteiger partial charge in [-0.25, -0.2) is 4.79 Å². The molecule has 162 valence electrons. The topological polar surface area (TPSA) is 66.2 Å². The summed E-state index contributed by atoms with van der Waals surface area (Å²) in [7, 11) is 3.06. The van der Waals surface area contributed by atoms with Gasteiger partial charge in [0, 0.05) is 36.6 Å². The van der Waals surface area contributed by atoms with Crippen molar-refractivity contribution in [2.45, 2.75) is 13.3 Å². The fraction of sp³-hybridized carbons (Fsp3) is 0.174. The Balaban J connectivity index is 1.94. The summed E-state index contributed by atoms with van der Waals surface area (Å²) in [6.45, 7) is 2.10. The average Bonchev–Trinajstić information content (AvgIpc) is 3.32. The minimum atomic E-state index is -0.428. The number of nitrogens with zero attached hydrogens (tertiary/aromatic N) is 5. The van der Waals surface area contributed by atoms with Crippen LogP contribution in [-0.2, 0) is 20.5 Å². The lowest BCUT2D eigenvalue weighted by atomic mass is 10.1. The minimum Gasteiger partial charge on any atom is -0.279 e. The first-order valence-corrected chi connectivity index (χ1v) is 10.8. The third kappa shape index (κ3) is 2.92. The van der Waals surface area contributed by atoms with Gasteiger partial charge < -0.3 is 0 Å². The molecule has 0 aliphatic rings. The largest absolute Gasteiger partial charge is 0.332 e. The van der Waals surface area contributed by atoms with Crippen molar-refractivity contribution in [2.75, 3.05) is 0 Å². The number of fused-ring (bicyclic) bond motifs is 3. The molecule has 32 heavy (non-hydrogen) atoms. The molecule has 3 heterocycles. The molecule has 0 atom stereocenters. The van der Waals surface area contributed by atoms with E-state index >= 15 is 0 Å². The molecule has 9 heteroatoms. The Morgan fingerprint density at radius 1 is 0.969 bits per heavy atom. The number of hydrogen-bond donors (Lipinski definition) is 0. The fourth-order valence-corrected chi connectivity index (χ4v) is 4.50. The molecule has 0 N–H and O–H groups in total. The molecule has 7 nitrogen and oxygen atoms in total. The van der Waals surface area contributed by atoms with E-state index in [0.29, 0.717) is 27.0 Å². The van der Waals surface area contributed by atoms with E-state index in [-0.39, 0.29) is 0 Å². The van der Waals surface area contributed by atoms with Gasteiger partial charge >= 0.3 is 5.69 Å². The second kappa shape index (κ2) is 7.39. The number of halogens is 2. The van der Waals surface area contributed by atoms with Crippen molar-refractivity contribution >= 4 is 40.1 Å². The van der Waals surface area contributed by atoms with Crippen LogP contribution in [0.3, 0.4) is 0 Å². The molecule has 0 radical (unpaired) electrons. The molecule has 0 bridgehead atoms. The summed E-state index contributed by atoms with van der Waals surface area (Å²) in [6, 6.07) is 13.4. The molecule has 5 rings (SSSR count). The number of rotatable bonds is 3. The molecule has 2 aromatic carbocycles. The van der Waals surface area contributed by atoms with Gasteiger partial charge in [0.2, 0.25) is 5.78 Å². The van der Waals surface area contributed by atoms with Crippen LogP contribution in [-0.4, -0.2) is 23.1 Å². The summed E-state index contributed by atoms with van der Waals surface area (Å²) in [6.07, 6.45) is 2.74. The summed E-state index contributed by atoms with van der Waals surface area (Å²) >= 11 is 12.7. The van der Waals surface area contributed by atoms with Crippen LogP contribution in [0.5, 0.6) is 0 Å². The molecular weight excluding hydrogens is 449 g/mol. The second-order valence-corrected chi connectivity index (χ2v) is 8.50. The van der Waals surface area contributed by atoms with Crippen molar-refractivity contribution in [2.24, 2.45) is 14.1 Å². The zero-order chi connectivity index (χ0) is 22.7. The Kier molecular flexibility index (Phi) is 4.76. The lowest BCUT2D eigenvalue weighted by Crippen LogP contribution is -2.37. The first-order valence-electron chi connectivity index (χ1n) is 10.1. The summed E-state index contributed by atoms with van der Waals surface area (Å²) in [4.78, 5) is 30.1. The van der Waals surface area contributed by atoms with Crippen molar-refractivity contribution in [3.63, 3.8) is 0 Å². The fourth-order valence-electron chi connectivity index (χ4n) is 3.99. The number of aromatic nitrogens is 5. The first kappa shape index (κ1) is 20.6. The lowest BCUT2D eigenvalue weighted by Gasteiger charge is -2.11. The molecular formula is C23H19Cl2N5O2. The first-order chi connectivity index (χ1) is 15.3. The van der Waals surface area contributed by atoms with Crippen molar-refractivity contribution in [1.82, 2.24) is 23.1 Å². The molecule has 0 aliphatic heterocycles. The predicted octanol–water partition coefficient (Wildman–Crippen LogP) is 4.21. The minimum absolute atomic E-state index is 0.319. The Labute approximate surface area is 192 Å². The standard InChI is InChI=1S/C23H19Cl2N5O2/c1-4-13-5-8-15(9-6-13)30-18(16-10-7-14(24)11-17(16)25)12-29-19-20(26-22(29)30)27(2)23(32)28(3)21(19)31/h5-12H,4H2,1-3H3. The highest BCUT2D eigenvalue weighted by molar-refractivity contribution is 6.36. The number of imidazole rings is 2. The van der Waals surface area contributed by atoms with Crippen LogP contribution in [0.15, 0.2) is 58.3 Å². The zero-order valence-electron chi connectivity index (χ0n) is 17.6. The Hall–Kier alpha value is -3.29. The van der Waals surface area contributed by atoms with E-state index in [0.717, 1.165) is 27.9 Å². The Bertz CT molecular complexity index is 1640. The molecule has 3 aromatic heterocycles. The average molecular weight is 468 g/mol. The SMILES string of the molecule is CCc1ccc(-n2c(-c3ccc(Cl)cc3Cl)cn3c4c(=O)n(C)c(=O)n(C)c4nc23)cc1. The van der Waals surface area contributed by atoms with Crippen LogP contribution in [0.25, 0.3) is 33.9 Å². The van der Waals surface area contributed by atoms with Gasteiger partial charge in [0.15, 0.2) is 11.2 Å². The normalized spacial score (nSPS) is 11.7. The number of hydrogen-bond acceptors (Lipinski definition) is 3. The molecule has 0 saturated heterocycles. The third-order valence-corrected chi connectivity index (χ3v) is 6.32. The van der Waals surface area contributed by atoms with Crippen molar-refractivity contribution in [3.05, 3.63) is 85.1 Å². The molecule has 0 aliphatic carbocycles. The van der Waals surface area contributed by atoms with Gasteiger partial charge in [-0.2, -0.15) is 4.98 Å². The van der Waals surface area contributed by atoms with Crippen molar-refractivity contribution in [1.29, 1.82) is 0 Å². The summed E-state index contributed by atoms with van der Waals surface area (Å²) in [5.74, 6) is 0.503. The van der Waals surface area contributed by atoms with E-state index in [2.05, 4.69) is 19.1 Å². The van der Waals surface area contributed by atoms with Gasteiger partial charge in [0.05, 0.1) is 10.7 Å². The van der Waals surface area contributed by atoms with Gasteiger partial charge in [-0.1, -0.05) is 42.3 Å². The monoisotopic (exact) mass is 467 g/mol. The maximum atomic E-state index is 13.0. The Morgan fingerprint density at radius 3 is 2.34 bits per heavy atom. The van der Waals surface area contributed by atoms with E-state index in [9.17, 15) is 9.59 Å². The Morgan fingerprint density at radius 2 is 1.69 bits per heavy atom. The number of benzene rings is 2. The highest BCUT2D eigenvalue weighted by Gasteiger charge is 2.22. The summed E-state index contributed by atoms with van der Waals surface area (Å²) < 4.78 is 6.10. The van der Waals surface area contributed by atoms with Crippen LogP contribution in [0.2, 0.25) is 10.0 Å². The molecule has 5 aromatic rings. The van der Waals surface area contributed by atoms with Crippen LogP contribution < -0.4 is 11.2 Å². The third-order valence-electron chi connectivity index (χ3n) is 5.78. The molecule has 0 fully saturated rings. The molecule has 0 amide bonds. The van der Waals surface area contributed by atoms with E-state index in [1.54, 1.807) is 23.6 Å². The maximum absolute atomic E-state index is 13.0.